The predicted octanol–water partition coefficient (Wildman–Crippen LogP) is 2.04. The van der Waals surface area contributed by atoms with Crippen molar-refractivity contribution in [3.05, 3.63) is 0 Å². The van der Waals surface area contributed by atoms with Crippen LogP contribution in [0.15, 0.2) is 0 Å². The van der Waals surface area contributed by atoms with Crippen LogP contribution >= 0.6 is 0 Å². The first-order valence-electron chi connectivity index (χ1n) is 6.35. The van der Waals surface area contributed by atoms with E-state index in [1.165, 1.54) is 57.9 Å². The van der Waals surface area contributed by atoms with Crippen molar-refractivity contribution in [2.75, 3.05) is 6.54 Å². The standard InChI is InChI=1S/C12H24N2/c13-11-6-1-2-7-12(11)14-9-8-10-4-3-5-10/h10-12,14H,1-9,13H2. The number of rotatable bonds is 4. The van der Waals surface area contributed by atoms with Crippen molar-refractivity contribution >= 4 is 0 Å². The average molecular weight is 196 g/mol. The van der Waals surface area contributed by atoms with Crippen LogP contribution in [0.25, 0.3) is 0 Å². The van der Waals surface area contributed by atoms with Gasteiger partial charge in [-0.1, -0.05) is 32.1 Å². The van der Waals surface area contributed by atoms with Crippen molar-refractivity contribution < 1.29 is 0 Å². The summed E-state index contributed by atoms with van der Waals surface area (Å²) in [6.45, 7) is 1.20. The first-order valence-corrected chi connectivity index (χ1v) is 6.35. The van der Waals surface area contributed by atoms with E-state index in [-0.39, 0.29) is 0 Å². The summed E-state index contributed by atoms with van der Waals surface area (Å²) >= 11 is 0. The molecule has 2 nitrogen and oxygen atoms in total. The average Bonchev–Trinajstić information content (AvgIpc) is 2.12. The fraction of sp³-hybridized carbons (Fsp3) is 1.00. The smallest absolute Gasteiger partial charge is 0.0219 e. The summed E-state index contributed by atoms with van der Waals surface area (Å²) in [4.78, 5) is 0. The molecular weight excluding hydrogens is 172 g/mol. The second kappa shape index (κ2) is 5.13. The van der Waals surface area contributed by atoms with Crippen LogP contribution in [0.2, 0.25) is 0 Å². The van der Waals surface area contributed by atoms with Gasteiger partial charge >= 0.3 is 0 Å². The summed E-state index contributed by atoms with van der Waals surface area (Å²) in [6.07, 6.45) is 11.0. The lowest BCUT2D eigenvalue weighted by molar-refractivity contribution is 0.270. The van der Waals surface area contributed by atoms with Crippen molar-refractivity contribution in [1.29, 1.82) is 0 Å². The second-order valence-corrected chi connectivity index (χ2v) is 5.09. The number of nitrogens with two attached hydrogens (primary N) is 1. The van der Waals surface area contributed by atoms with E-state index >= 15 is 0 Å². The Morgan fingerprint density at radius 1 is 1.00 bits per heavy atom. The van der Waals surface area contributed by atoms with Gasteiger partial charge in [-0.25, -0.2) is 0 Å². The van der Waals surface area contributed by atoms with Crippen LogP contribution in [0.5, 0.6) is 0 Å². The van der Waals surface area contributed by atoms with E-state index in [1.807, 2.05) is 0 Å². The van der Waals surface area contributed by atoms with Crippen molar-refractivity contribution in [3.63, 3.8) is 0 Å². The molecule has 0 heterocycles. The van der Waals surface area contributed by atoms with Crippen LogP contribution in [0.4, 0.5) is 0 Å². The SMILES string of the molecule is NC1CCCCC1NCCC1CCC1. The van der Waals surface area contributed by atoms with Gasteiger partial charge in [-0.3, -0.25) is 0 Å². The summed E-state index contributed by atoms with van der Waals surface area (Å²) < 4.78 is 0. The predicted molar refractivity (Wildman–Crippen MR) is 60.2 cm³/mol. The third-order valence-electron chi connectivity index (χ3n) is 4.00. The normalized spacial score (nSPS) is 34.1. The maximum absolute atomic E-state index is 6.08. The lowest BCUT2D eigenvalue weighted by Gasteiger charge is -2.31. The first-order chi connectivity index (χ1) is 6.86. The Kier molecular flexibility index (Phi) is 3.82. The molecule has 0 saturated heterocycles. The zero-order chi connectivity index (χ0) is 9.80. The van der Waals surface area contributed by atoms with Gasteiger partial charge in [-0.05, 0) is 31.7 Å². The van der Waals surface area contributed by atoms with Gasteiger partial charge < -0.3 is 11.1 Å². The number of hydrogen-bond donors (Lipinski definition) is 2. The van der Waals surface area contributed by atoms with Gasteiger partial charge in [-0.2, -0.15) is 0 Å². The summed E-state index contributed by atoms with van der Waals surface area (Å²) in [5, 5.41) is 3.65. The molecule has 0 amide bonds. The minimum absolute atomic E-state index is 0.421. The molecule has 14 heavy (non-hydrogen) atoms. The molecule has 2 saturated carbocycles. The van der Waals surface area contributed by atoms with E-state index in [9.17, 15) is 0 Å². The van der Waals surface area contributed by atoms with Crippen LogP contribution < -0.4 is 11.1 Å². The van der Waals surface area contributed by atoms with E-state index in [1.54, 1.807) is 0 Å². The maximum Gasteiger partial charge on any atom is 0.0219 e. The van der Waals surface area contributed by atoms with Crippen LogP contribution in [-0.4, -0.2) is 18.6 Å². The van der Waals surface area contributed by atoms with Gasteiger partial charge in [0.1, 0.15) is 0 Å². The molecule has 0 bridgehead atoms. The molecule has 0 aliphatic heterocycles. The minimum Gasteiger partial charge on any atom is -0.326 e. The van der Waals surface area contributed by atoms with Gasteiger partial charge in [0.15, 0.2) is 0 Å². The topological polar surface area (TPSA) is 38.0 Å². The minimum atomic E-state index is 0.421. The van der Waals surface area contributed by atoms with Crippen molar-refractivity contribution in [3.8, 4) is 0 Å². The summed E-state index contributed by atoms with van der Waals surface area (Å²) in [6, 6.07) is 1.04. The molecule has 0 radical (unpaired) electrons. The van der Waals surface area contributed by atoms with E-state index in [0.29, 0.717) is 12.1 Å². The largest absolute Gasteiger partial charge is 0.326 e. The van der Waals surface area contributed by atoms with E-state index < -0.39 is 0 Å². The van der Waals surface area contributed by atoms with Crippen LogP contribution in [-0.2, 0) is 0 Å². The fourth-order valence-corrected chi connectivity index (χ4v) is 2.67. The Morgan fingerprint density at radius 3 is 2.43 bits per heavy atom. The van der Waals surface area contributed by atoms with Crippen LogP contribution in [0, 0.1) is 5.92 Å². The molecule has 2 rings (SSSR count). The lowest BCUT2D eigenvalue weighted by Crippen LogP contribution is -2.47. The van der Waals surface area contributed by atoms with Gasteiger partial charge in [0.2, 0.25) is 0 Å². The van der Waals surface area contributed by atoms with Gasteiger partial charge in [0.25, 0.3) is 0 Å². The molecule has 0 aromatic rings. The number of hydrogen-bond acceptors (Lipinski definition) is 2. The zero-order valence-electron chi connectivity index (χ0n) is 9.17. The van der Waals surface area contributed by atoms with Gasteiger partial charge in [-0.15, -0.1) is 0 Å². The molecule has 2 heteroatoms. The van der Waals surface area contributed by atoms with Crippen LogP contribution in [0.3, 0.4) is 0 Å². The Bertz CT molecular complexity index is 166. The fourth-order valence-electron chi connectivity index (χ4n) is 2.67. The summed E-state index contributed by atoms with van der Waals surface area (Å²) in [7, 11) is 0. The number of nitrogens with one attached hydrogen (secondary N) is 1. The zero-order valence-corrected chi connectivity index (χ0v) is 9.17. The molecule has 2 unspecified atom stereocenters. The molecule has 3 N–H and O–H groups in total. The van der Waals surface area contributed by atoms with E-state index in [2.05, 4.69) is 5.32 Å². The molecule has 82 valence electrons. The molecular formula is C12H24N2. The molecule has 2 aliphatic rings. The van der Waals surface area contributed by atoms with Crippen molar-refractivity contribution in [2.45, 2.75) is 63.5 Å². The van der Waals surface area contributed by atoms with Gasteiger partial charge in [0.05, 0.1) is 0 Å². The quantitative estimate of drug-likeness (QED) is 0.722. The van der Waals surface area contributed by atoms with Crippen molar-refractivity contribution in [2.24, 2.45) is 11.7 Å². The molecule has 2 atom stereocenters. The third-order valence-corrected chi connectivity index (χ3v) is 4.00. The van der Waals surface area contributed by atoms with Crippen molar-refractivity contribution in [1.82, 2.24) is 5.32 Å². The Morgan fingerprint density at radius 2 is 1.79 bits per heavy atom. The molecule has 0 aromatic heterocycles. The summed E-state index contributed by atoms with van der Waals surface area (Å²) in [5.74, 6) is 1.03. The van der Waals surface area contributed by atoms with E-state index in [0.717, 1.165) is 5.92 Å². The second-order valence-electron chi connectivity index (χ2n) is 5.09. The molecule has 0 aromatic carbocycles. The Hall–Kier alpha value is -0.0800. The Labute approximate surface area is 87.6 Å². The highest BCUT2D eigenvalue weighted by Gasteiger charge is 2.22. The van der Waals surface area contributed by atoms with Crippen LogP contribution in [0.1, 0.15) is 51.4 Å². The third kappa shape index (κ3) is 2.71. The maximum atomic E-state index is 6.08. The molecule has 2 aliphatic carbocycles. The highest BCUT2D eigenvalue weighted by Crippen LogP contribution is 2.29. The molecule has 0 spiro atoms. The van der Waals surface area contributed by atoms with Gasteiger partial charge in [0, 0.05) is 12.1 Å². The highest BCUT2D eigenvalue weighted by atomic mass is 15.0. The Balaban J connectivity index is 1.58. The molecule has 2 fully saturated rings. The highest BCUT2D eigenvalue weighted by molar-refractivity contribution is 4.84. The summed E-state index contributed by atoms with van der Waals surface area (Å²) in [5.41, 5.74) is 6.08. The van der Waals surface area contributed by atoms with E-state index in [4.69, 9.17) is 5.73 Å². The first kappa shape index (κ1) is 10.4. The lowest BCUT2D eigenvalue weighted by atomic mass is 9.83. The monoisotopic (exact) mass is 196 g/mol.